The largest absolute Gasteiger partial charge is 0.326 e. The lowest BCUT2D eigenvalue weighted by Crippen LogP contribution is -1.94. The van der Waals surface area contributed by atoms with Crippen molar-refractivity contribution in [1.29, 1.82) is 0 Å². The van der Waals surface area contributed by atoms with E-state index in [1.165, 1.54) is 0 Å². The topological polar surface area (TPSA) is 55.4 Å². The Morgan fingerprint density at radius 3 is 2.90 bits per heavy atom. The molecule has 0 fully saturated rings. The van der Waals surface area contributed by atoms with E-state index >= 15 is 0 Å². The molecule has 3 heteroatoms. The molecule has 0 unspecified atom stereocenters. The maximum atomic E-state index is 9.98. The average molecular weight is 136 g/mol. The van der Waals surface area contributed by atoms with E-state index < -0.39 is 0 Å². The van der Waals surface area contributed by atoms with Gasteiger partial charge in [-0.25, -0.2) is 0 Å². The fourth-order valence-corrected chi connectivity index (χ4v) is 0.740. The molecular formula is C7H8N2O. The number of rotatable bonds is 2. The Kier molecular flexibility index (Phi) is 2.12. The van der Waals surface area contributed by atoms with Crippen molar-refractivity contribution >= 4 is 5.69 Å². The highest BCUT2D eigenvalue weighted by Crippen LogP contribution is 2.12. The zero-order valence-corrected chi connectivity index (χ0v) is 5.45. The van der Waals surface area contributed by atoms with E-state index in [9.17, 15) is 4.91 Å². The number of hydrogen-bond acceptors (Lipinski definition) is 3. The molecule has 0 aromatic heterocycles. The van der Waals surface area contributed by atoms with Crippen LogP contribution in [0.15, 0.2) is 29.4 Å². The minimum absolute atomic E-state index is 0.433. The Morgan fingerprint density at radius 1 is 1.50 bits per heavy atom. The molecule has 3 nitrogen and oxygen atoms in total. The van der Waals surface area contributed by atoms with E-state index in [1.54, 1.807) is 18.2 Å². The zero-order valence-electron chi connectivity index (χ0n) is 5.45. The average Bonchev–Trinajstić information content (AvgIpc) is 2.05. The van der Waals surface area contributed by atoms with Gasteiger partial charge in [-0.05, 0) is 22.9 Å². The predicted octanol–water partition coefficient (Wildman–Crippen LogP) is 1.54. The molecule has 0 radical (unpaired) electrons. The molecule has 1 aromatic rings. The fraction of sp³-hybridized carbons (Fsp3) is 0.143. The van der Waals surface area contributed by atoms with Gasteiger partial charge in [0.2, 0.25) is 0 Å². The van der Waals surface area contributed by atoms with E-state index in [2.05, 4.69) is 5.18 Å². The van der Waals surface area contributed by atoms with Gasteiger partial charge < -0.3 is 5.73 Å². The first kappa shape index (κ1) is 6.89. The van der Waals surface area contributed by atoms with Gasteiger partial charge in [-0.15, -0.1) is 4.91 Å². The summed E-state index contributed by atoms with van der Waals surface area (Å²) in [6.07, 6.45) is 0. The van der Waals surface area contributed by atoms with Crippen LogP contribution in [0, 0.1) is 4.91 Å². The van der Waals surface area contributed by atoms with Gasteiger partial charge in [0.05, 0.1) is 0 Å². The van der Waals surface area contributed by atoms with Crippen LogP contribution < -0.4 is 5.73 Å². The Labute approximate surface area is 58.8 Å². The Hall–Kier alpha value is -1.22. The first-order valence-corrected chi connectivity index (χ1v) is 2.99. The summed E-state index contributed by atoms with van der Waals surface area (Å²) < 4.78 is 0. The molecule has 1 aromatic carbocycles. The number of benzene rings is 1. The van der Waals surface area contributed by atoms with Gasteiger partial charge in [0, 0.05) is 6.54 Å². The Bertz CT molecular complexity index is 235. The first-order chi connectivity index (χ1) is 4.86. The van der Waals surface area contributed by atoms with Crippen molar-refractivity contribution in [2.45, 2.75) is 6.54 Å². The van der Waals surface area contributed by atoms with Gasteiger partial charge in [0.25, 0.3) is 0 Å². The fourth-order valence-electron chi connectivity index (χ4n) is 0.740. The highest BCUT2D eigenvalue weighted by atomic mass is 16.3. The Balaban J connectivity index is 2.98. The van der Waals surface area contributed by atoms with E-state index in [-0.39, 0.29) is 0 Å². The molecule has 2 N–H and O–H groups in total. The van der Waals surface area contributed by atoms with Crippen LogP contribution in [-0.2, 0) is 6.54 Å². The maximum Gasteiger partial charge on any atom is 0.108 e. The number of nitrogens with zero attached hydrogens (tertiary/aromatic N) is 1. The van der Waals surface area contributed by atoms with E-state index in [0.29, 0.717) is 12.2 Å². The lowest BCUT2D eigenvalue weighted by molar-refractivity contribution is 1.07. The van der Waals surface area contributed by atoms with Crippen molar-refractivity contribution in [1.82, 2.24) is 0 Å². The first-order valence-electron chi connectivity index (χ1n) is 2.99. The number of nitrogens with two attached hydrogens (primary N) is 1. The molecule has 0 atom stereocenters. The van der Waals surface area contributed by atoms with Crippen molar-refractivity contribution in [2.75, 3.05) is 0 Å². The van der Waals surface area contributed by atoms with Gasteiger partial charge >= 0.3 is 0 Å². The second-order valence-corrected chi connectivity index (χ2v) is 1.97. The van der Waals surface area contributed by atoms with Crippen LogP contribution in [-0.4, -0.2) is 0 Å². The normalized spacial score (nSPS) is 9.30. The van der Waals surface area contributed by atoms with Gasteiger partial charge in [0.1, 0.15) is 5.69 Å². The van der Waals surface area contributed by atoms with Crippen molar-refractivity contribution in [3.63, 3.8) is 0 Å². The molecule has 0 aliphatic rings. The van der Waals surface area contributed by atoms with E-state index in [1.807, 2.05) is 6.07 Å². The third kappa shape index (κ3) is 1.39. The van der Waals surface area contributed by atoms with Crippen molar-refractivity contribution in [3.8, 4) is 0 Å². The van der Waals surface area contributed by atoms with Crippen molar-refractivity contribution in [3.05, 3.63) is 34.7 Å². The molecule has 1 rings (SSSR count). The minimum Gasteiger partial charge on any atom is -0.326 e. The summed E-state index contributed by atoms with van der Waals surface area (Å²) in [5.41, 5.74) is 6.69. The lowest BCUT2D eigenvalue weighted by atomic mass is 10.2. The van der Waals surface area contributed by atoms with Crippen LogP contribution in [0.25, 0.3) is 0 Å². The maximum absolute atomic E-state index is 9.98. The van der Waals surface area contributed by atoms with Crippen LogP contribution in [0.5, 0.6) is 0 Å². The monoisotopic (exact) mass is 136 g/mol. The quantitative estimate of drug-likeness (QED) is 0.627. The van der Waals surface area contributed by atoms with Gasteiger partial charge in [-0.1, -0.05) is 12.1 Å². The molecule has 0 bridgehead atoms. The smallest absolute Gasteiger partial charge is 0.108 e. The highest BCUT2D eigenvalue weighted by molar-refractivity contribution is 5.39. The summed E-state index contributed by atoms with van der Waals surface area (Å²) in [6.45, 7) is 0.448. The molecule has 0 saturated carbocycles. The van der Waals surface area contributed by atoms with Crippen LogP contribution in [0.4, 0.5) is 5.69 Å². The van der Waals surface area contributed by atoms with Gasteiger partial charge in [-0.3, -0.25) is 0 Å². The summed E-state index contributed by atoms with van der Waals surface area (Å²) in [7, 11) is 0. The Morgan fingerprint density at radius 2 is 2.30 bits per heavy atom. The summed E-state index contributed by atoms with van der Waals surface area (Å²) >= 11 is 0. The summed E-state index contributed by atoms with van der Waals surface area (Å²) in [5, 5.41) is 2.77. The minimum atomic E-state index is 0.433. The molecule has 52 valence electrons. The van der Waals surface area contributed by atoms with Crippen LogP contribution in [0.3, 0.4) is 0 Å². The van der Waals surface area contributed by atoms with Gasteiger partial charge in [0.15, 0.2) is 0 Å². The molecule has 0 saturated heterocycles. The highest BCUT2D eigenvalue weighted by Gasteiger charge is 1.91. The van der Waals surface area contributed by atoms with Gasteiger partial charge in [-0.2, -0.15) is 0 Å². The lowest BCUT2D eigenvalue weighted by Gasteiger charge is -1.93. The number of nitroso groups, excluding NO2 is 1. The van der Waals surface area contributed by atoms with E-state index in [4.69, 9.17) is 5.73 Å². The number of hydrogen-bond donors (Lipinski definition) is 1. The molecule has 10 heavy (non-hydrogen) atoms. The summed E-state index contributed by atoms with van der Waals surface area (Å²) in [5.74, 6) is 0. The third-order valence-electron chi connectivity index (χ3n) is 1.25. The van der Waals surface area contributed by atoms with Crippen LogP contribution >= 0.6 is 0 Å². The molecule has 0 spiro atoms. The molecule has 0 aliphatic carbocycles. The summed E-state index contributed by atoms with van der Waals surface area (Å²) in [4.78, 5) is 9.98. The molecule has 0 amide bonds. The second-order valence-electron chi connectivity index (χ2n) is 1.97. The van der Waals surface area contributed by atoms with E-state index in [0.717, 1.165) is 5.56 Å². The second kappa shape index (κ2) is 3.08. The third-order valence-corrected chi connectivity index (χ3v) is 1.25. The van der Waals surface area contributed by atoms with Crippen molar-refractivity contribution < 1.29 is 0 Å². The zero-order chi connectivity index (χ0) is 7.40. The molecule has 0 aliphatic heterocycles. The van der Waals surface area contributed by atoms with Crippen LogP contribution in [0.1, 0.15) is 5.56 Å². The van der Waals surface area contributed by atoms with Crippen LogP contribution in [0.2, 0.25) is 0 Å². The molecular weight excluding hydrogens is 128 g/mol. The van der Waals surface area contributed by atoms with Crippen molar-refractivity contribution in [2.24, 2.45) is 10.9 Å². The predicted molar refractivity (Wildman–Crippen MR) is 39.8 cm³/mol. The standard InChI is InChI=1S/C7H8N2O/c8-5-6-2-1-3-7(4-6)9-10/h1-4H,5,8H2. The summed E-state index contributed by atoms with van der Waals surface area (Å²) in [6, 6.07) is 6.94. The molecule has 0 heterocycles. The SMILES string of the molecule is NCc1cccc(N=O)c1.